The number of para-hydroxylation sites is 1. The second-order valence-corrected chi connectivity index (χ2v) is 6.13. The summed E-state index contributed by atoms with van der Waals surface area (Å²) in [6.45, 7) is 1.99. The first-order chi connectivity index (χ1) is 11.6. The molecular weight excluding hydrogens is 322 g/mol. The van der Waals surface area contributed by atoms with Gasteiger partial charge in [-0.1, -0.05) is 12.1 Å². The van der Waals surface area contributed by atoms with Gasteiger partial charge in [0.1, 0.15) is 5.75 Å². The van der Waals surface area contributed by atoms with Crippen LogP contribution < -0.4 is 10.1 Å². The van der Waals surface area contributed by atoms with Gasteiger partial charge in [0.15, 0.2) is 5.78 Å². The maximum Gasteiger partial charge on any atom is 0.224 e. The maximum absolute atomic E-state index is 12.0. The van der Waals surface area contributed by atoms with Gasteiger partial charge in [-0.2, -0.15) is 0 Å². The number of ketones is 1. The number of rotatable bonds is 8. The first kappa shape index (κ1) is 18.1. The van der Waals surface area contributed by atoms with Crippen LogP contribution in [-0.2, 0) is 4.79 Å². The number of carbonyl (C=O) groups excluding carboxylic acids is 2. The van der Waals surface area contributed by atoms with E-state index in [0.717, 1.165) is 10.6 Å². The van der Waals surface area contributed by atoms with Crippen LogP contribution in [-0.4, -0.2) is 24.6 Å². The molecule has 0 saturated heterocycles. The van der Waals surface area contributed by atoms with Crippen LogP contribution in [0.3, 0.4) is 0 Å². The van der Waals surface area contributed by atoms with Crippen molar-refractivity contribution in [2.24, 2.45) is 0 Å². The Kier molecular flexibility index (Phi) is 6.88. The third-order valence-corrected chi connectivity index (χ3v) is 4.25. The summed E-state index contributed by atoms with van der Waals surface area (Å²) in [5, 5.41) is 2.93. The highest BCUT2D eigenvalue weighted by Crippen LogP contribution is 2.24. The predicted molar refractivity (Wildman–Crippen MR) is 98.0 cm³/mol. The first-order valence-corrected chi connectivity index (χ1v) is 8.99. The molecular formula is C19H21NO3S. The Hall–Kier alpha value is -2.27. The van der Waals surface area contributed by atoms with Crippen LogP contribution in [0.25, 0.3) is 0 Å². The zero-order valence-electron chi connectivity index (χ0n) is 13.9. The highest BCUT2D eigenvalue weighted by atomic mass is 32.2. The number of Topliss-reactive ketones (excluding diaryl/α,β-unsaturated/α-hetero) is 1. The molecule has 126 valence electrons. The van der Waals surface area contributed by atoms with E-state index < -0.39 is 0 Å². The van der Waals surface area contributed by atoms with Gasteiger partial charge in [-0.3, -0.25) is 9.59 Å². The molecule has 0 saturated carbocycles. The van der Waals surface area contributed by atoms with Gasteiger partial charge in [0.2, 0.25) is 5.91 Å². The summed E-state index contributed by atoms with van der Waals surface area (Å²) < 4.78 is 5.59. The van der Waals surface area contributed by atoms with Crippen molar-refractivity contribution in [1.29, 1.82) is 0 Å². The van der Waals surface area contributed by atoms with Gasteiger partial charge in [-0.15, -0.1) is 11.8 Å². The van der Waals surface area contributed by atoms with Crippen molar-refractivity contribution in [3.05, 3.63) is 54.1 Å². The van der Waals surface area contributed by atoms with Gasteiger partial charge in [0, 0.05) is 16.9 Å². The molecule has 0 bridgehead atoms. The van der Waals surface area contributed by atoms with E-state index in [9.17, 15) is 9.59 Å². The lowest BCUT2D eigenvalue weighted by molar-refractivity contribution is -0.116. The van der Waals surface area contributed by atoms with Crippen LogP contribution in [0.15, 0.2) is 53.4 Å². The minimum absolute atomic E-state index is 0.0213. The number of carbonyl (C=O) groups is 2. The largest absolute Gasteiger partial charge is 0.494 e. The normalized spacial score (nSPS) is 10.2. The van der Waals surface area contributed by atoms with E-state index in [4.69, 9.17) is 4.74 Å². The van der Waals surface area contributed by atoms with E-state index in [0.29, 0.717) is 30.8 Å². The zero-order chi connectivity index (χ0) is 17.4. The number of ether oxygens (including phenoxy) is 1. The second kappa shape index (κ2) is 9.13. The number of thioether (sulfide) groups is 1. The molecule has 4 nitrogen and oxygen atoms in total. The molecule has 0 radical (unpaired) electrons. The van der Waals surface area contributed by atoms with E-state index in [1.165, 1.54) is 6.92 Å². The molecule has 0 aromatic heterocycles. The SMILES string of the molecule is CSc1ccccc1NC(=O)CCCOc1ccc(C(C)=O)cc1. The van der Waals surface area contributed by atoms with E-state index in [1.54, 1.807) is 36.0 Å². The topological polar surface area (TPSA) is 55.4 Å². The molecule has 0 spiro atoms. The Morgan fingerprint density at radius 3 is 2.46 bits per heavy atom. The molecule has 2 aromatic rings. The standard InChI is InChI=1S/C19H21NO3S/c1-14(21)15-9-11-16(12-10-15)23-13-5-8-19(22)20-17-6-3-4-7-18(17)24-2/h3-4,6-7,9-12H,5,8,13H2,1-2H3,(H,20,22). The summed E-state index contributed by atoms with van der Waals surface area (Å²) in [4.78, 5) is 24.2. The summed E-state index contributed by atoms with van der Waals surface area (Å²) in [6.07, 6.45) is 3.01. The van der Waals surface area contributed by atoms with E-state index in [1.807, 2.05) is 30.5 Å². The van der Waals surface area contributed by atoms with Crippen molar-refractivity contribution in [3.8, 4) is 5.75 Å². The van der Waals surface area contributed by atoms with Crippen LogP contribution in [0.1, 0.15) is 30.1 Å². The summed E-state index contributed by atoms with van der Waals surface area (Å²) in [7, 11) is 0. The lowest BCUT2D eigenvalue weighted by atomic mass is 10.1. The second-order valence-electron chi connectivity index (χ2n) is 5.28. The van der Waals surface area contributed by atoms with Crippen LogP contribution in [0, 0.1) is 0 Å². The fourth-order valence-corrected chi connectivity index (χ4v) is 2.72. The van der Waals surface area contributed by atoms with Crippen molar-refractivity contribution in [3.63, 3.8) is 0 Å². The van der Waals surface area contributed by atoms with Crippen LogP contribution in [0.2, 0.25) is 0 Å². The number of hydrogen-bond acceptors (Lipinski definition) is 4. The van der Waals surface area contributed by atoms with Crippen molar-refractivity contribution in [2.45, 2.75) is 24.7 Å². The van der Waals surface area contributed by atoms with E-state index in [-0.39, 0.29) is 11.7 Å². The van der Waals surface area contributed by atoms with Gasteiger partial charge in [-0.25, -0.2) is 0 Å². The third-order valence-electron chi connectivity index (χ3n) is 3.46. The minimum atomic E-state index is -0.0213. The van der Waals surface area contributed by atoms with Gasteiger partial charge >= 0.3 is 0 Å². The van der Waals surface area contributed by atoms with Crippen molar-refractivity contribution < 1.29 is 14.3 Å². The summed E-state index contributed by atoms with van der Waals surface area (Å²) in [5.74, 6) is 0.712. The molecule has 0 atom stereocenters. The maximum atomic E-state index is 12.0. The van der Waals surface area contributed by atoms with E-state index >= 15 is 0 Å². The Balaban J connectivity index is 1.73. The summed E-state index contributed by atoms with van der Waals surface area (Å²) in [6, 6.07) is 14.8. The van der Waals surface area contributed by atoms with Crippen molar-refractivity contribution in [1.82, 2.24) is 0 Å². The number of anilines is 1. The fraction of sp³-hybridized carbons (Fsp3) is 0.263. The molecule has 0 aliphatic carbocycles. The number of amides is 1. The van der Waals surface area contributed by atoms with Crippen molar-refractivity contribution in [2.75, 3.05) is 18.2 Å². The molecule has 0 aliphatic rings. The Morgan fingerprint density at radius 1 is 1.08 bits per heavy atom. The van der Waals surface area contributed by atoms with Gasteiger partial charge in [0.05, 0.1) is 12.3 Å². The molecule has 2 aromatic carbocycles. The molecule has 0 fully saturated rings. The zero-order valence-corrected chi connectivity index (χ0v) is 14.7. The lowest BCUT2D eigenvalue weighted by Crippen LogP contribution is -2.13. The Morgan fingerprint density at radius 2 is 1.79 bits per heavy atom. The highest BCUT2D eigenvalue weighted by Gasteiger charge is 2.06. The predicted octanol–water partition coefficient (Wildman–Crippen LogP) is 4.41. The van der Waals surface area contributed by atoms with Crippen LogP contribution in [0.5, 0.6) is 5.75 Å². The molecule has 5 heteroatoms. The Bertz CT molecular complexity index is 698. The number of hydrogen-bond donors (Lipinski definition) is 1. The molecule has 2 rings (SSSR count). The third kappa shape index (κ3) is 5.42. The molecule has 0 unspecified atom stereocenters. The molecule has 0 heterocycles. The van der Waals surface area contributed by atoms with Crippen LogP contribution >= 0.6 is 11.8 Å². The molecule has 0 aliphatic heterocycles. The molecule has 24 heavy (non-hydrogen) atoms. The first-order valence-electron chi connectivity index (χ1n) is 7.77. The minimum Gasteiger partial charge on any atom is -0.494 e. The van der Waals surface area contributed by atoms with Gasteiger partial charge in [0.25, 0.3) is 0 Å². The quantitative estimate of drug-likeness (QED) is 0.438. The Labute approximate surface area is 146 Å². The summed E-state index contributed by atoms with van der Waals surface area (Å²) in [5.41, 5.74) is 1.50. The van der Waals surface area contributed by atoms with Gasteiger partial charge < -0.3 is 10.1 Å². The lowest BCUT2D eigenvalue weighted by Gasteiger charge is -2.10. The average Bonchev–Trinajstić information content (AvgIpc) is 2.59. The summed E-state index contributed by atoms with van der Waals surface area (Å²) >= 11 is 1.60. The highest BCUT2D eigenvalue weighted by molar-refractivity contribution is 7.98. The monoisotopic (exact) mass is 343 g/mol. The van der Waals surface area contributed by atoms with E-state index in [2.05, 4.69) is 5.32 Å². The number of benzene rings is 2. The average molecular weight is 343 g/mol. The van der Waals surface area contributed by atoms with Gasteiger partial charge in [-0.05, 0) is 56.0 Å². The number of nitrogens with one attached hydrogen (secondary N) is 1. The fourth-order valence-electron chi connectivity index (χ4n) is 2.17. The van der Waals surface area contributed by atoms with Crippen LogP contribution in [0.4, 0.5) is 5.69 Å². The van der Waals surface area contributed by atoms with Crippen molar-refractivity contribution >= 4 is 29.1 Å². The molecule has 1 N–H and O–H groups in total. The smallest absolute Gasteiger partial charge is 0.224 e. The molecule has 1 amide bonds.